The van der Waals surface area contributed by atoms with Gasteiger partial charge in [0, 0.05) is 26.3 Å². The lowest BCUT2D eigenvalue weighted by Crippen LogP contribution is -2.36. The molecule has 1 saturated heterocycles. The number of hydrogen-bond acceptors (Lipinski definition) is 7. The van der Waals surface area contributed by atoms with Crippen molar-refractivity contribution in [3.63, 3.8) is 0 Å². The molecule has 172 valence electrons. The summed E-state index contributed by atoms with van der Waals surface area (Å²) >= 11 is 0. The number of carbonyl (C=O) groups is 1. The topological polar surface area (TPSA) is 102 Å². The number of piperidine rings is 1. The van der Waals surface area contributed by atoms with E-state index in [-0.39, 0.29) is 34.3 Å². The largest absolute Gasteiger partial charge is 0.505 e. The average molecular weight is 449 g/mol. The zero-order chi connectivity index (χ0) is 23.5. The summed E-state index contributed by atoms with van der Waals surface area (Å²) in [5.74, 6) is -0.646. The molecule has 8 nitrogen and oxygen atoms in total. The van der Waals surface area contributed by atoms with E-state index >= 15 is 0 Å². The fraction of sp³-hybridized carbons (Fsp3) is 0.320. The monoisotopic (exact) mass is 448 g/mol. The average Bonchev–Trinajstić information content (AvgIpc) is 2.83. The lowest BCUT2D eigenvalue weighted by atomic mass is 10.1. The Morgan fingerprint density at radius 2 is 1.52 bits per heavy atom. The van der Waals surface area contributed by atoms with Gasteiger partial charge >= 0.3 is 0 Å². The Bertz CT molecular complexity index is 1240. The highest BCUT2D eigenvalue weighted by atomic mass is 16.3. The molecule has 1 aliphatic rings. The Kier molecular flexibility index (Phi) is 6.46. The molecule has 0 aliphatic carbocycles. The van der Waals surface area contributed by atoms with Crippen molar-refractivity contribution in [3.05, 3.63) is 74.0 Å². The highest BCUT2D eigenvalue weighted by Crippen LogP contribution is 2.33. The molecule has 1 aliphatic heterocycles. The van der Waals surface area contributed by atoms with Crippen molar-refractivity contribution in [1.82, 2.24) is 9.80 Å². The number of hydrogen-bond donors (Lipinski definition) is 3. The van der Waals surface area contributed by atoms with Gasteiger partial charge in [-0.05, 0) is 49.7 Å². The molecule has 4 rings (SSSR count). The minimum absolute atomic E-state index is 0.0672. The molecule has 0 atom stereocenters. The van der Waals surface area contributed by atoms with Crippen molar-refractivity contribution in [2.75, 3.05) is 37.8 Å². The van der Waals surface area contributed by atoms with Crippen molar-refractivity contribution < 1.29 is 9.90 Å². The van der Waals surface area contributed by atoms with Gasteiger partial charge in [-0.3, -0.25) is 19.3 Å². The third-order valence-electron chi connectivity index (χ3n) is 5.96. The van der Waals surface area contributed by atoms with Gasteiger partial charge in [0.15, 0.2) is 5.75 Å². The summed E-state index contributed by atoms with van der Waals surface area (Å²) in [6, 6.07) is 12.4. The first kappa shape index (κ1) is 22.5. The van der Waals surface area contributed by atoms with Crippen LogP contribution in [0.4, 0.5) is 22.7 Å². The van der Waals surface area contributed by atoms with E-state index in [4.69, 9.17) is 0 Å². The number of aromatic hydroxyl groups is 1. The van der Waals surface area contributed by atoms with E-state index in [0.717, 1.165) is 30.9 Å². The van der Waals surface area contributed by atoms with Gasteiger partial charge in [-0.1, -0.05) is 30.7 Å². The van der Waals surface area contributed by atoms with Gasteiger partial charge in [0.1, 0.15) is 11.4 Å². The molecule has 0 aromatic heterocycles. The number of benzene rings is 2. The van der Waals surface area contributed by atoms with Gasteiger partial charge in [-0.15, -0.1) is 0 Å². The minimum Gasteiger partial charge on any atom is -0.505 e. The van der Waals surface area contributed by atoms with E-state index < -0.39 is 10.9 Å². The molecule has 3 aromatic carbocycles. The Balaban J connectivity index is 1.59. The van der Waals surface area contributed by atoms with E-state index in [1.165, 1.54) is 30.2 Å². The SMILES string of the molecule is CN(C)C(=O)c1cccc(Nc2c(Nc3ccccc3CN3CCCCC3)c(=O)c2=O)c1O. The first-order valence-electron chi connectivity index (χ1n) is 11.1. The molecule has 0 bridgehead atoms. The van der Waals surface area contributed by atoms with Crippen LogP contribution in [0.15, 0.2) is 52.1 Å². The molecule has 0 unspecified atom stereocenters. The van der Waals surface area contributed by atoms with Crippen molar-refractivity contribution in [2.24, 2.45) is 0 Å². The normalized spacial score (nSPS) is 14.2. The second-order valence-electron chi connectivity index (χ2n) is 8.55. The molecular formula is C25H28N4O4. The Hall–Kier alpha value is -3.65. The number of phenolic OH excluding ortho intramolecular Hbond substituents is 1. The molecule has 33 heavy (non-hydrogen) atoms. The number of carbonyl (C=O) groups excluding carboxylic acids is 1. The van der Waals surface area contributed by atoms with Crippen LogP contribution in [-0.4, -0.2) is 48.0 Å². The van der Waals surface area contributed by atoms with Crippen molar-refractivity contribution in [2.45, 2.75) is 25.8 Å². The van der Waals surface area contributed by atoms with E-state index in [1.54, 1.807) is 26.2 Å². The van der Waals surface area contributed by atoms with Crippen LogP contribution >= 0.6 is 0 Å². The summed E-state index contributed by atoms with van der Waals surface area (Å²) in [6.07, 6.45) is 3.62. The van der Waals surface area contributed by atoms with Crippen LogP contribution in [0.25, 0.3) is 0 Å². The fourth-order valence-corrected chi connectivity index (χ4v) is 4.10. The number of anilines is 4. The molecule has 1 fully saturated rings. The van der Waals surface area contributed by atoms with Gasteiger partial charge in [0.05, 0.1) is 11.3 Å². The summed E-state index contributed by atoms with van der Waals surface area (Å²) in [5.41, 5.74) is 1.01. The summed E-state index contributed by atoms with van der Waals surface area (Å²) in [7, 11) is 3.17. The van der Waals surface area contributed by atoms with Gasteiger partial charge < -0.3 is 20.6 Å². The lowest BCUT2D eigenvalue weighted by molar-refractivity contribution is 0.0824. The van der Waals surface area contributed by atoms with E-state index in [9.17, 15) is 19.5 Å². The summed E-state index contributed by atoms with van der Waals surface area (Å²) in [4.78, 5) is 40.7. The number of likely N-dealkylation sites (tertiary alicyclic amines) is 1. The first-order chi connectivity index (χ1) is 15.9. The molecule has 0 saturated carbocycles. The van der Waals surface area contributed by atoms with E-state index in [1.807, 2.05) is 24.3 Å². The summed E-state index contributed by atoms with van der Waals surface area (Å²) < 4.78 is 0. The van der Waals surface area contributed by atoms with Crippen LogP contribution in [0.1, 0.15) is 35.2 Å². The maximum absolute atomic E-state index is 12.4. The zero-order valence-electron chi connectivity index (χ0n) is 18.9. The van der Waals surface area contributed by atoms with Crippen LogP contribution < -0.4 is 21.5 Å². The molecule has 1 amide bonds. The number of nitrogens with zero attached hydrogens (tertiary/aromatic N) is 2. The second kappa shape index (κ2) is 9.46. The standard InChI is InChI=1S/C25H28N4O4/c1-28(2)25(33)17-10-8-12-19(22(17)30)27-21-20(23(31)24(21)32)26-18-11-5-4-9-16(18)15-29-13-6-3-7-14-29/h4-5,8-12,26-27,30H,3,6-7,13-15H2,1-2H3. The highest BCUT2D eigenvalue weighted by Gasteiger charge is 2.24. The third kappa shape index (κ3) is 4.61. The number of para-hydroxylation sites is 2. The van der Waals surface area contributed by atoms with E-state index in [2.05, 4.69) is 15.5 Å². The third-order valence-corrected chi connectivity index (χ3v) is 5.96. The number of amides is 1. The van der Waals surface area contributed by atoms with Gasteiger partial charge in [-0.25, -0.2) is 0 Å². The van der Waals surface area contributed by atoms with Crippen LogP contribution in [0.3, 0.4) is 0 Å². The van der Waals surface area contributed by atoms with E-state index in [0.29, 0.717) is 0 Å². The molecular weight excluding hydrogens is 420 g/mol. The predicted octanol–water partition coefficient (Wildman–Crippen LogP) is 3.16. The van der Waals surface area contributed by atoms with Crippen molar-refractivity contribution in [1.29, 1.82) is 0 Å². The first-order valence-corrected chi connectivity index (χ1v) is 11.1. The second-order valence-corrected chi connectivity index (χ2v) is 8.55. The smallest absolute Gasteiger partial charge is 0.257 e. The zero-order valence-corrected chi connectivity index (χ0v) is 18.9. The lowest BCUT2D eigenvalue weighted by Gasteiger charge is -2.27. The van der Waals surface area contributed by atoms with Crippen molar-refractivity contribution in [3.8, 4) is 5.75 Å². The summed E-state index contributed by atoms with van der Waals surface area (Å²) in [6.45, 7) is 2.85. The number of phenols is 1. The minimum atomic E-state index is -0.672. The Morgan fingerprint density at radius 3 is 2.18 bits per heavy atom. The van der Waals surface area contributed by atoms with Crippen LogP contribution in [0, 0.1) is 0 Å². The maximum Gasteiger partial charge on any atom is 0.257 e. The molecule has 8 heteroatoms. The van der Waals surface area contributed by atoms with Crippen molar-refractivity contribution >= 4 is 28.7 Å². The number of nitrogens with one attached hydrogen (secondary N) is 2. The molecule has 0 radical (unpaired) electrons. The fourth-order valence-electron chi connectivity index (χ4n) is 4.10. The number of rotatable bonds is 7. The Labute approximate surface area is 192 Å². The predicted molar refractivity (Wildman–Crippen MR) is 130 cm³/mol. The van der Waals surface area contributed by atoms with Gasteiger partial charge in [0.25, 0.3) is 16.8 Å². The molecule has 0 spiro atoms. The van der Waals surface area contributed by atoms with Gasteiger partial charge in [0.2, 0.25) is 0 Å². The quantitative estimate of drug-likeness (QED) is 0.377. The van der Waals surface area contributed by atoms with Crippen LogP contribution in [0.2, 0.25) is 0 Å². The van der Waals surface area contributed by atoms with Crippen LogP contribution in [-0.2, 0) is 6.54 Å². The molecule has 3 N–H and O–H groups in total. The summed E-state index contributed by atoms with van der Waals surface area (Å²) in [5, 5.41) is 16.5. The highest BCUT2D eigenvalue weighted by molar-refractivity contribution is 5.99. The maximum atomic E-state index is 12.4. The molecule has 1 heterocycles. The van der Waals surface area contributed by atoms with Crippen LogP contribution in [0.5, 0.6) is 5.75 Å². The van der Waals surface area contributed by atoms with Gasteiger partial charge in [-0.2, -0.15) is 0 Å². The molecule has 3 aromatic rings. The Morgan fingerprint density at radius 1 is 0.909 bits per heavy atom.